The highest BCUT2D eigenvalue weighted by Gasteiger charge is 2.07. The van der Waals surface area contributed by atoms with Gasteiger partial charge in [-0.3, -0.25) is 9.69 Å². The number of amides is 1. The Hall–Kier alpha value is -2.33. The summed E-state index contributed by atoms with van der Waals surface area (Å²) in [5.74, 6) is -0.0815. The molecule has 0 aliphatic carbocycles. The second kappa shape index (κ2) is 8.50. The highest BCUT2D eigenvalue weighted by molar-refractivity contribution is 6.04. The van der Waals surface area contributed by atoms with Gasteiger partial charge in [-0.05, 0) is 55.1 Å². The van der Waals surface area contributed by atoms with E-state index in [9.17, 15) is 4.79 Å². The summed E-state index contributed by atoms with van der Waals surface area (Å²) >= 11 is 0. The van der Waals surface area contributed by atoms with Gasteiger partial charge in [-0.2, -0.15) is 0 Å². The Morgan fingerprint density at radius 1 is 0.917 bits per heavy atom. The predicted molar refractivity (Wildman–Crippen MR) is 102 cm³/mol. The molecule has 0 unspecified atom stereocenters. The molecule has 1 N–H and O–H groups in total. The topological polar surface area (TPSA) is 35.6 Å². The van der Waals surface area contributed by atoms with Crippen LogP contribution in [0.2, 0.25) is 0 Å². The third kappa shape index (κ3) is 4.83. The molecule has 0 aliphatic heterocycles. The number of hydrogen-bond acceptors (Lipinski definition) is 3. The molecule has 2 rings (SSSR count). The Morgan fingerprint density at radius 2 is 1.50 bits per heavy atom. The van der Waals surface area contributed by atoms with Crippen molar-refractivity contribution in [2.45, 2.75) is 20.4 Å². The second-order valence-electron chi connectivity index (χ2n) is 6.05. The molecule has 0 saturated carbocycles. The number of hydrogen-bond donors (Lipinski definition) is 1. The summed E-state index contributed by atoms with van der Waals surface area (Å²) in [5, 5.41) is 2.94. The summed E-state index contributed by atoms with van der Waals surface area (Å²) in [5.41, 5.74) is 3.81. The summed E-state index contributed by atoms with van der Waals surface area (Å²) in [6.45, 7) is 7.30. The van der Waals surface area contributed by atoms with E-state index in [4.69, 9.17) is 0 Å². The minimum Gasteiger partial charge on any atom is -0.378 e. The standard InChI is InChI=1S/C20H27N3O/c1-5-23(6-2)15-16-7-9-17(10-8-16)20(24)21-18-11-13-19(14-12-18)22(3)4/h7-14H,5-6,15H2,1-4H3,(H,21,24). The van der Waals surface area contributed by atoms with Crippen LogP contribution in [0.25, 0.3) is 0 Å². The third-order valence-corrected chi connectivity index (χ3v) is 4.16. The molecule has 0 aromatic heterocycles. The average Bonchev–Trinajstić information content (AvgIpc) is 2.60. The maximum atomic E-state index is 12.3. The van der Waals surface area contributed by atoms with Crippen molar-refractivity contribution in [3.05, 3.63) is 59.7 Å². The summed E-state index contributed by atoms with van der Waals surface area (Å²) in [6.07, 6.45) is 0. The molecule has 2 aromatic rings. The second-order valence-corrected chi connectivity index (χ2v) is 6.05. The van der Waals surface area contributed by atoms with Crippen LogP contribution < -0.4 is 10.2 Å². The Bertz CT molecular complexity index is 644. The lowest BCUT2D eigenvalue weighted by Crippen LogP contribution is -2.22. The van der Waals surface area contributed by atoms with Crippen LogP contribution in [0.1, 0.15) is 29.8 Å². The first-order valence-electron chi connectivity index (χ1n) is 8.43. The molecule has 0 atom stereocenters. The number of benzene rings is 2. The molecular weight excluding hydrogens is 298 g/mol. The van der Waals surface area contributed by atoms with E-state index >= 15 is 0 Å². The van der Waals surface area contributed by atoms with Gasteiger partial charge in [0.2, 0.25) is 0 Å². The van der Waals surface area contributed by atoms with E-state index in [0.717, 1.165) is 31.0 Å². The number of rotatable bonds is 7. The van der Waals surface area contributed by atoms with Crippen LogP contribution in [-0.2, 0) is 6.54 Å². The summed E-state index contributed by atoms with van der Waals surface area (Å²) in [4.78, 5) is 16.7. The number of nitrogens with one attached hydrogen (secondary N) is 1. The third-order valence-electron chi connectivity index (χ3n) is 4.16. The van der Waals surface area contributed by atoms with Gasteiger partial charge >= 0.3 is 0 Å². The van der Waals surface area contributed by atoms with E-state index < -0.39 is 0 Å². The van der Waals surface area contributed by atoms with Gasteiger partial charge in [0.1, 0.15) is 0 Å². The normalized spacial score (nSPS) is 10.7. The van der Waals surface area contributed by atoms with Crippen LogP contribution in [0.15, 0.2) is 48.5 Å². The first kappa shape index (κ1) is 18.0. The number of carbonyl (C=O) groups is 1. The zero-order valence-corrected chi connectivity index (χ0v) is 15.0. The van der Waals surface area contributed by atoms with Crippen molar-refractivity contribution in [3.63, 3.8) is 0 Å². The van der Waals surface area contributed by atoms with E-state index in [1.54, 1.807) is 0 Å². The molecule has 0 heterocycles. The lowest BCUT2D eigenvalue weighted by molar-refractivity contribution is 0.102. The first-order chi connectivity index (χ1) is 11.5. The SMILES string of the molecule is CCN(CC)Cc1ccc(C(=O)Nc2ccc(N(C)C)cc2)cc1. The van der Waals surface area contributed by atoms with Crippen LogP contribution in [0.3, 0.4) is 0 Å². The molecule has 2 aromatic carbocycles. The van der Waals surface area contributed by atoms with Gasteiger partial charge in [-0.15, -0.1) is 0 Å². The van der Waals surface area contributed by atoms with Crippen molar-refractivity contribution >= 4 is 17.3 Å². The Kier molecular flexibility index (Phi) is 6.38. The zero-order valence-electron chi connectivity index (χ0n) is 15.0. The average molecular weight is 325 g/mol. The smallest absolute Gasteiger partial charge is 0.255 e. The Balaban J connectivity index is 1.99. The number of anilines is 2. The summed E-state index contributed by atoms with van der Waals surface area (Å²) in [6, 6.07) is 15.7. The van der Waals surface area contributed by atoms with E-state index in [-0.39, 0.29) is 5.91 Å². The Labute approximate surface area is 145 Å². The summed E-state index contributed by atoms with van der Waals surface area (Å²) < 4.78 is 0. The zero-order chi connectivity index (χ0) is 17.5. The Morgan fingerprint density at radius 3 is 2.00 bits per heavy atom. The van der Waals surface area contributed by atoms with Crippen LogP contribution in [0.4, 0.5) is 11.4 Å². The molecule has 0 saturated heterocycles. The van der Waals surface area contributed by atoms with Crippen LogP contribution in [0.5, 0.6) is 0 Å². The van der Waals surface area contributed by atoms with Gasteiger partial charge in [0.25, 0.3) is 5.91 Å². The summed E-state index contributed by atoms with van der Waals surface area (Å²) in [7, 11) is 3.99. The van der Waals surface area contributed by atoms with Gasteiger partial charge < -0.3 is 10.2 Å². The molecule has 0 spiro atoms. The molecule has 24 heavy (non-hydrogen) atoms. The molecule has 0 radical (unpaired) electrons. The fourth-order valence-corrected chi connectivity index (χ4v) is 2.51. The van der Waals surface area contributed by atoms with Crippen molar-refractivity contribution < 1.29 is 4.79 Å². The maximum Gasteiger partial charge on any atom is 0.255 e. The molecule has 0 bridgehead atoms. The molecule has 4 nitrogen and oxygen atoms in total. The van der Waals surface area contributed by atoms with Gasteiger partial charge in [-0.1, -0.05) is 26.0 Å². The molecule has 128 valence electrons. The lowest BCUT2D eigenvalue weighted by Gasteiger charge is -2.18. The molecule has 4 heteroatoms. The highest BCUT2D eigenvalue weighted by Crippen LogP contribution is 2.17. The van der Waals surface area contributed by atoms with Gasteiger partial charge in [0, 0.05) is 37.6 Å². The lowest BCUT2D eigenvalue weighted by atomic mass is 10.1. The molecule has 0 aliphatic rings. The molecule has 1 amide bonds. The monoisotopic (exact) mass is 325 g/mol. The largest absolute Gasteiger partial charge is 0.378 e. The van der Waals surface area contributed by atoms with Gasteiger partial charge in [0.15, 0.2) is 0 Å². The van der Waals surface area contributed by atoms with Crippen molar-refractivity contribution in [2.24, 2.45) is 0 Å². The minimum absolute atomic E-state index is 0.0815. The van der Waals surface area contributed by atoms with Crippen molar-refractivity contribution in [1.82, 2.24) is 4.90 Å². The van der Waals surface area contributed by atoms with E-state index in [0.29, 0.717) is 5.56 Å². The quantitative estimate of drug-likeness (QED) is 0.840. The highest BCUT2D eigenvalue weighted by atomic mass is 16.1. The van der Waals surface area contributed by atoms with Gasteiger partial charge in [-0.25, -0.2) is 0 Å². The minimum atomic E-state index is -0.0815. The van der Waals surface area contributed by atoms with Crippen LogP contribution in [-0.4, -0.2) is 38.0 Å². The van der Waals surface area contributed by atoms with Crippen LogP contribution >= 0.6 is 0 Å². The molecule has 0 fully saturated rings. The van der Waals surface area contributed by atoms with E-state index in [1.807, 2.05) is 67.5 Å². The predicted octanol–water partition coefficient (Wildman–Crippen LogP) is 3.85. The van der Waals surface area contributed by atoms with E-state index in [1.165, 1.54) is 5.56 Å². The maximum absolute atomic E-state index is 12.3. The fraction of sp³-hybridized carbons (Fsp3) is 0.350. The van der Waals surface area contributed by atoms with E-state index in [2.05, 4.69) is 24.1 Å². The van der Waals surface area contributed by atoms with Crippen molar-refractivity contribution in [1.29, 1.82) is 0 Å². The number of nitrogens with zero attached hydrogens (tertiary/aromatic N) is 2. The van der Waals surface area contributed by atoms with Crippen LogP contribution in [0, 0.1) is 0 Å². The fourth-order valence-electron chi connectivity index (χ4n) is 2.51. The van der Waals surface area contributed by atoms with Gasteiger partial charge in [0.05, 0.1) is 0 Å². The first-order valence-corrected chi connectivity index (χ1v) is 8.43. The van der Waals surface area contributed by atoms with Crippen molar-refractivity contribution in [3.8, 4) is 0 Å². The number of carbonyl (C=O) groups excluding carboxylic acids is 1. The van der Waals surface area contributed by atoms with Crippen molar-refractivity contribution in [2.75, 3.05) is 37.4 Å². The molecular formula is C20H27N3O.